The summed E-state index contributed by atoms with van der Waals surface area (Å²) in [5.74, 6) is 0.924. The van der Waals surface area contributed by atoms with Gasteiger partial charge >= 0.3 is 0 Å². The zero-order valence-electron chi connectivity index (χ0n) is 20.7. The van der Waals surface area contributed by atoms with E-state index in [9.17, 15) is 0 Å². The van der Waals surface area contributed by atoms with E-state index in [1.165, 1.54) is 67.8 Å². The van der Waals surface area contributed by atoms with Gasteiger partial charge in [-0.2, -0.15) is 0 Å². The van der Waals surface area contributed by atoms with Crippen molar-refractivity contribution in [3.63, 3.8) is 0 Å². The minimum atomic E-state index is 0.308. The standard InChI is InChI=1S/C29H38N4O/c1-23(33-14-12-24-8-4-5-9-29(24)33)26-20-25-10-11-27(21-28(25)30-22-26)34-19-7-3-6-13-32-17-15-31(2)16-18-32/h4-5,8-11,20-23H,3,6-7,12-19H2,1-2H3. The lowest BCUT2D eigenvalue weighted by Crippen LogP contribution is -2.44. The quantitative estimate of drug-likeness (QED) is 0.414. The third-order valence-electron chi connectivity index (χ3n) is 7.53. The zero-order chi connectivity index (χ0) is 23.3. The van der Waals surface area contributed by atoms with Crippen LogP contribution in [0.3, 0.4) is 0 Å². The number of aromatic nitrogens is 1. The molecule has 1 aromatic heterocycles. The molecule has 5 heteroatoms. The molecule has 180 valence electrons. The molecule has 3 aromatic rings. The Hall–Kier alpha value is -2.63. The van der Waals surface area contributed by atoms with Crippen LogP contribution in [0.15, 0.2) is 54.7 Å². The van der Waals surface area contributed by atoms with Crippen LogP contribution in [0.25, 0.3) is 10.9 Å². The average Bonchev–Trinajstić information content (AvgIpc) is 3.30. The van der Waals surface area contributed by atoms with Gasteiger partial charge in [0, 0.05) is 56.1 Å². The molecule has 5 rings (SSSR count). The van der Waals surface area contributed by atoms with Crippen LogP contribution < -0.4 is 9.64 Å². The number of fused-ring (bicyclic) bond motifs is 2. The number of likely N-dealkylation sites (N-methyl/N-ethyl adjacent to an activating group) is 1. The number of hydrogen-bond acceptors (Lipinski definition) is 5. The van der Waals surface area contributed by atoms with Gasteiger partial charge in [0.15, 0.2) is 0 Å². The minimum Gasteiger partial charge on any atom is -0.494 e. The number of ether oxygens (including phenoxy) is 1. The van der Waals surface area contributed by atoms with E-state index in [4.69, 9.17) is 9.72 Å². The molecule has 2 aliphatic heterocycles. The highest BCUT2D eigenvalue weighted by atomic mass is 16.5. The summed E-state index contributed by atoms with van der Waals surface area (Å²) in [6.45, 7) is 10.2. The number of unbranched alkanes of at least 4 members (excludes halogenated alkanes) is 2. The van der Waals surface area contributed by atoms with E-state index in [0.29, 0.717) is 6.04 Å². The third-order valence-corrected chi connectivity index (χ3v) is 7.53. The third kappa shape index (κ3) is 5.37. The van der Waals surface area contributed by atoms with Crippen molar-refractivity contribution in [2.24, 2.45) is 0 Å². The molecule has 0 amide bonds. The lowest BCUT2D eigenvalue weighted by molar-refractivity contribution is 0.151. The number of pyridine rings is 1. The Morgan fingerprint density at radius 1 is 0.941 bits per heavy atom. The normalized spacial score (nSPS) is 17.8. The van der Waals surface area contributed by atoms with Crippen molar-refractivity contribution in [3.8, 4) is 5.75 Å². The molecule has 1 atom stereocenters. The van der Waals surface area contributed by atoms with E-state index in [-0.39, 0.29) is 0 Å². The van der Waals surface area contributed by atoms with Crippen LogP contribution in [-0.4, -0.2) is 67.7 Å². The van der Waals surface area contributed by atoms with Crippen LogP contribution >= 0.6 is 0 Å². The van der Waals surface area contributed by atoms with Crippen molar-refractivity contribution in [2.75, 3.05) is 57.8 Å². The average molecular weight is 459 g/mol. The highest BCUT2D eigenvalue weighted by molar-refractivity contribution is 5.80. The predicted octanol–water partition coefficient (Wildman–Crippen LogP) is 5.16. The Bertz CT molecular complexity index is 1090. The molecule has 34 heavy (non-hydrogen) atoms. The topological polar surface area (TPSA) is 31.8 Å². The van der Waals surface area contributed by atoms with E-state index in [1.54, 1.807) is 0 Å². The molecule has 1 unspecified atom stereocenters. The van der Waals surface area contributed by atoms with E-state index >= 15 is 0 Å². The molecular weight excluding hydrogens is 420 g/mol. The van der Waals surface area contributed by atoms with Gasteiger partial charge in [0.25, 0.3) is 0 Å². The van der Waals surface area contributed by atoms with E-state index in [2.05, 4.69) is 77.2 Å². The van der Waals surface area contributed by atoms with Gasteiger partial charge in [0.1, 0.15) is 5.75 Å². The Kier molecular flexibility index (Phi) is 7.31. The van der Waals surface area contributed by atoms with Gasteiger partial charge in [-0.3, -0.25) is 4.98 Å². The first kappa shape index (κ1) is 23.1. The molecule has 0 spiro atoms. The molecule has 1 saturated heterocycles. The molecule has 2 aromatic carbocycles. The number of anilines is 1. The fraction of sp³-hybridized carbons (Fsp3) is 0.483. The zero-order valence-corrected chi connectivity index (χ0v) is 20.7. The first-order chi connectivity index (χ1) is 16.7. The molecule has 1 fully saturated rings. The molecule has 0 N–H and O–H groups in total. The maximum Gasteiger partial charge on any atom is 0.121 e. The smallest absolute Gasteiger partial charge is 0.121 e. The van der Waals surface area contributed by atoms with Crippen LogP contribution in [0.1, 0.15) is 43.4 Å². The summed E-state index contributed by atoms with van der Waals surface area (Å²) in [4.78, 5) is 12.3. The molecular formula is C29H38N4O. The second kappa shape index (κ2) is 10.7. The van der Waals surface area contributed by atoms with Crippen LogP contribution in [0.4, 0.5) is 5.69 Å². The highest BCUT2D eigenvalue weighted by Gasteiger charge is 2.24. The monoisotopic (exact) mass is 458 g/mol. The van der Waals surface area contributed by atoms with Crippen molar-refractivity contribution in [1.82, 2.24) is 14.8 Å². The maximum atomic E-state index is 6.05. The lowest BCUT2D eigenvalue weighted by Gasteiger charge is -2.32. The fourth-order valence-electron chi connectivity index (χ4n) is 5.26. The summed E-state index contributed by atoms with van der Waals surface area (Å²) >= 11 is 0. The number of piperazine rings is 1. The molecule has 0 saturated carbocycles. The number of rotatable bonds is 9. The van der Waals surface area contributed by atoms with Gasteiger partial charge in [-0.25, -0.2) is 0 Å². The molecule has 0 aliphatic carbocycles. The Morgan fingerprint density at radius 3 is 2.68 bits per heavy atom. The van der Waals surface area contributed by atoms with Gasteiger partial charge in [-0.15, -0.1) is 0 Å². The van der Waals surface area contributed by atoms with Crippen LogP contribution in [-0.2, 0) is 6.42 Å². The largest absolute Gasteiger partial charge is 0.494 e. The Labute approximate surface area is 204 Å². The highest BCUT2D eigenvalue weighted by Crippen LogP contribution is 2.35. The van der Waals surface area contributed by atoms with Crippen LogP contribution in [0, 0.1) is 0 Å². The molecule has 5 nitrogen and oxygen atoms in total. The number of hydrogen-bond donors (Lipinski definition) is 0. The summed E-state index contributed by atoms with van der Waals surface area (Å²) in [5, 5.41) is 1.18. The predicted molar refractivity (Wildman–Crippen MR) is 141 cm³/mol. The maximum absolute atomic E-state index is 6.05. The minimum absolute atomic E-state index is 0.308. The SMILES string of the molecule is CC(c1cnc2cc(OCCCCCN3CCN(C)CC3)ccc2c1)N1CCc2ccccc21. The molecule has 0 radical (unpaired) electrons. The summed E-state index contributed by atoms with van der Waals surface area (Å²) in [6, 6.07) is 17.7. The van der Waals surface area contributed by atoms with Crippen molar-refractivity contribution in [3.05, 3.63) is 65.9 Å². The van der Waals surface area contributed by atoms with Gasteiger partial charge in [-0.1, -0.05) is 18.2 Å². The lowest BCUT2D eigenvalue weighted by atomic mass is 10.1. The first-order valence-electron chi connectivity index (χ1n) is 13.0. The number of nitrogens with zero attached hydrogens (tertiary/aromatic N) is 4. The van der Waals surface area contributed by atoms with E-state index in [1.807, 2.05) is 6.20 Å². The van der Waals surface area contributed by atoms with E-state index in [0.717, 1.165) is 37.3 Å². The molecule has 0 bridgehead atoms. The van der Waals surface area contributed by atoms with Crippen molar-refractivity contribution in [2.45, 2.75) is 38.6 Å². The Balaban J connectivity index is 1.11. The summed E-state index contributed by atoms with van der Waals surface area (Å²) in [5.41, 5.74) is 5.08. The number of para-hydroxylation sites is 1. The van der Waals surface area contributed by atoms with Crippen LogP contribution in [0.5, 0.6) is 5.75 Å². The second-order valence-electron chi connectivity index (χ2n) is 9.93. The van der Waals surface area contributed by atoms with Crippen LogP contribution in [0.2, 0.25) is 0 Å². The summed E-state index contributed by atoms with van der Waals surface area (Å²) in [7, 11) is 2.21. The van der Waals surface area contributed by atoms with Crippen molar-refractivity contribution >= 4 is 16.6 Å². The van der Waals surface area contributed by atoms with Gasteiger partial charge in [0.2, 0.25) is 0 Å². The van der Waals surface area contributed by atoms with Gasteiger partial charge in [0.05, 0.1) is 18.2 Å². The van der Waals surface area contributed by atoms with Crippen molar-refractivity contribution < 1.29 is 4.74 Å². The van der Waals surface area contributed by atoms with E-state index < -0.39 is 0 Å². The van der Waals surface area contributed by atoms with Crippen molar-refractivity contribution in [1.29, 1.82) is 0 Å². The summed E-state index contributed by atoms with van der Waals surface area (Å²) < 4.78 is 6.05. The Morgan fingerprint density at radius 2 is 1.79 bits per heavy atom. The van der Waals surface area contributed by atoms with Gasteiger partial charge < -0.3 is 19.4 Å². The fourth-order valence-corrected chi connectivity index (χ4v) is 5.26. The second-order valence-corrected chi connectivity index (χ2v) is 9.93. The molecule has 3 heterocycles. The summed E-state index contributed by atoms with van der Waals surface area (Å²) in [6.07, 6.45) is 6.75. The van der Waals surface area contributed by atoms with Gasteiger partial charge in [-0.05, 0) is 81.6 Å². The first-order valence-corrected chi connectivity index (χ1v) is 13.0. The number of benzene rings is 2. The molecule has 2 aliphatic rings.